The lowest BCUT2D eigenvalue weighted by Crippen LogP contribution is -2.37. The van der Waals surface area contributed by atoms with Crippen molar-refractivity contribution < 1.29 is 4.39 Å². The maximum atomic E-state index is 14.3. The van der Waals surface area contributed by atoms with Crippen molar-refractivity contribution in [2.24, 2.45) is 5.92 Å². The van der Waals surface area contributed by atoms with Gasteiger partial charge >= 0.3 is 0 Å². The van der Waals surface area contributed by atoms with E-state index in [1.807, 2.05) is 6.07 Å². The van der Waals surface area contributed by atoms with Crippen LogP contribution in [0.15, 0.2) is 18.2 Å². The Balaban J connectivity index is 2.36. The number of para-hydroxylation sites is 1. The Hall–Kier alpha value is -0.570. The molecule has 0 saturated heterocycles. The summed E-state index contributed by atoms with van der Waals surface area (Å²) in [5, 5.41) is 0.710. The van der Waals surface area contributed by atoms with Crippen LogP contribution in [0.1, 0.15) is 45.1 Å². The SMILES string of the molecule is CC(C)CN(c1c(F)cccc1CBr)C1CCCC1. The molecule has 1 fully saturated rings. The van der Waals surface area contributed by atoms with Crippen molar-refractivity contribution >= 4 is 21.6 Å². The van der Waals surface area contributed by atoms with Crippen LogP contribution in [0.4, 0.5) is 10.1 Å². The molecule has 0 heterocycles. The highest BCUT2D eigenvalue weighted by atomic mass is 79.9. The zero-order chi connectivity index (χ0) is 13.8. The van der Waals surface area contributed by atoms with E-state index in [4.69, 9.17) is 0 Å². The fourth-order valence-electron chi connectivity index (χ4n) is 3.02. The Morgan fingerprint density at radius 1 is 1.32 bits per heavy atom. The molecule has 1 nitrogen and oxygen atoms in total. The lowest BCUT2D eigenvalue weighted by Gasteiger charge is -2.34. The molecule has 1 aromatic carbocycles. The maximum Gasteiger partial charge on any atom is 0.146 e. The molecular weight excluding hydrogens is 305 g/mol. The predicted molar refractivity (Wildman–Crippen MR) is 83.5 cm³/mol. The first-order valence-electron chi connectivity index (χ1n) is 7.23. The minimum absolute atomic E-state index is 0.0792. The molecule has 1 saturated carbocycles. The summed E-state index contributed by atoms with van der Waals surface area (Å²) in [5.41, 5.74) is 1.88. The Labute approximate surface area is 124 Å². The van der Waals surface area contributed by atoms with Gasteiger partial charge in [-0.3, -0.25) is 0 Å². The van der Waals surface area contributed by atoms with Gasteiger partial charge in [0.1, 0.15) is 5.82 Å². The number of rotatable bonds is 5. The van der Waals surface area contributed by atoms with E-state index in [1.54, 1.807) is 12.1 Å². The number of hydrogen-bond donors (Lipinski definition) is 0. The van der Waals surface area contributed by atoms with Gasteiger partial charge in [0.2, 0.25) is 0 Å². The van der Waals surface area contributed by atoms with Crippen LogP contribution in [0.5, 0.6) is 0 Å². The maximum absolute atomic E-state index is 14.3. The number of halogens is 2. The number of nitrogens with zero attached hydrogens (tertiary/aromatic N) is 1. The molecule has 0 spiro atoms. The second-order valence-electron chi connectivity index (χ2n) is 5.87. The standard InChI is InChI=1S/C16H23BrFN/c1-12(2)11-19(14-7-3-4-8-14)16-13(10-17)6-5-9-15(16)18/h5-6,9,12,14H,3-4,7-8,10-11H2,1-2H3. The van der Waals surface area contributed by atoms with Crippen LogP contribution in [-0.4, -0.2) is 12.6 Å². The molecular formula is C16H23BrFN. The summed E-state index contributed by atoms with van der Waals surface area (Å²) in [5.74, 6) is 0.466. The second kappa shape index (κ2) is 6.74. The molecule has 0 unspecified atom stereocenters. The third-order valence-electron chi connectivity index (χ3n) is 3.83. The van der Waals surface area contributed by atoms with Crippen molar-refractivity contribution in [3.05, 3.63) is 29.6 Å². The Morgan fingerprint density at radius 3 is 2.58 bits per heavy atom. The van der Waals surface area contributed by atoms with Crippen LogP contribution in [-0.2, 0) is 5.33 Å². The first-order valence-corrected chi connectivity index (χ1v) is 8.35. The molecule has 2 rings (SSSR count). The van der Waals surface area contributed by atoms with E-state index in [0.29, 0.717) is 17.3 Å². The molecule has 0 amide bonds. The highest BCUT2D eigenvalue weighted by molar-refractivity contribution is 9.08. The van der Waals surface area contributed by atoms with Gasteiger partial charge in [-0.2, -0.15) is 0 Å². The van der Waals surface area contributed by atoms with Gasteiger partial charge in [0, 0.05) is 17.9 Å². The van der Waals surface area contributed by atoms with Gasteiger partial charge in [-0.25, -0.2) is 4.39 Å². The molecule has 1 aliphatic carbocycles. The zero-order valence-corrected chi connectivity index (χ0v) is 13.4. The topological polar surface area (TPSA) is 3.24 Å². The van der Waals surface area contributed by atoms with E-state index >= 15 is 0 Å². The van der Waals surface area contributed by atoms with Gasteiger partial charge in [-0.05, 0) is 30.4 Å². The van der Waals surface area contributed by atoms with Gasteiger partial charge in [0.15, 0.2) is 0 Å². The average molecular weight is 328 g/mol. The van der Waals surface area contributed by atoms with Crippen LogP contribution in [0.2, 0.25) is 0 Å². The zero-order valence-electron chi connectivity index (χ0n) is 11.8. The fourth-order valence-corrected chi connectivity index (χ4v) is 3.47. The minimum atomic E-state index is -0.0792. The van der Waals surface area contributed by atoms with Crippen LogP contribution in [0, 0.1) is 11.7 Å². The Bertz CT molecular complexity index is 413. The van der Waals surface area contributed by atoms with Gasteiger partial charge < -0.3 is 4.90 Å². The minimum Gasteiger partial charge on any atom is -0.366 e. The van der Waals surface area contributed by atoms with Gasteiger partial charge in [0.05, 0.1) is 5.69 Å². The monoisotopic (exact) mass is 327 g/mol. The summed E-state index contributed by atoms with van der Waals surface area (Å²) >= 11 is 3.49. The largest absolute Gasteiger partial charge is 0.366 e. The summed E-state index contributed by atoms with van der Waals surface area (Å²) in [6.45, 7) is 5.35. The molecule has 0 atom stereocenters. The lowest BCUT2D eigenvalue weighted by atomic mass is 10.1. The summed E-state index contributed by atoms with van der Waals surface area (Å²) < 4.78 is 14.3. The number of hydrogen-bond acceptors (Lipinski definition) is 1. The second-order valence-corrected chi connectivity index (χ2v) is 6.43. The molecule has 0 aromatic heterocycles. The molecule has 1 aliphatic rings. The molecule has 1 aromatic rings. The number of anilines is 1. The molecule has 19 heavy (non-hydrogen) atoms. The lowest BCUT2D eigenvalue weighted by molar-refractivity contribution is 0.519. The smallest absolute Gasteiger partial charge is 0.146 e. The first kappa shape index (κ1) is 14.8. The molecule has 0 radical (unpaired) electrons. The van der Waals surface area contributed by atoms with Crippen molar-refractivity contribution in [1.82, 2.24) is 0 Å². The van der Waals surface area contributed by atoms with E-state index in [0.717, 1.165) is 17.8 Å². The molecule has 0 N–H and O–H groups in total. The van der Waals surface area contributed by atoms with Crippen molar-refractivity contribution in [2.75, 3.05) is 11.4 Å². The van der Waals surface area contributed by atoms with Crippen LogP contribution >= 0.6 is 15.9 Å². The van der Waals surface area contributed by atoms with E-state index in [-0.39, 0.29) is 5.82 Å². The normalized spacial score (nSPS) is 16.3. The highest BCUT2D eigenvalue weighted by Crippen LogP contribution is 2.34. The Kier molecular flexibility index (Phi) is 5.26. The van der Waals surface area contributed by atoms with Crippen LogP contribution in [0.3, 0.4) is 0 Å². The van der Waals surface area contributed by atoms with Crippen molar-refractivity contribution in [1.29, 1.82) is 0 Å². The quantitative estimate of drug-likeness (QED) is 0.678. The third-order valence-corrected chi connectivity index (χ3v) is 4.43. The third kappa shape index (κ3) is 3.50. The fraction of sp³-hybridized carbons (Fsp3) is 0.625. The average Bonchev–Trinajstić information content (AvgIpc) is 2.89. The van der Waals surface area contributed by atoms with E-state index < -0.39 is 0 Å². The summed E-state index contributed by atoms with van der Waals surface area (Å²) in [6.07, 6.45) is 4.94. The van der Waals surface area contributed by atoms with Crippen molar-refractivity contribution in [3.8, 4) is 0 Å². The van der Waals surface area contributed by atoms with Gasteiger partial charge in [-0.1, -0.05) is 54.8 Å². The number of benzene rings is 1. The molecule has 3 heteroatoms. The first-order chi connectivity index (χ1) is 9.13. The molecule has 106 valence electrons. The van der Waals surface area contributed by atoms with Crippen molar-refractivity contribution in [2.45, 2.75) is 50.9 Å². The van der Waals surface area contributed by atoms with Crippen molar-refractivity contribution in [3.63, 3.8) is 0 Å². The van der Waals surface area contributed by atoms with E-state index in [2.05, 4.69) is 34.7 Å². The highest BCUT2D eigenvalue weighted by Gasteiger charge is 2.26. The Morgan fingerprint density at radius 2 is 2.00 bits per heavy atom. The predicted octanol–water partition coefficient (Wildman–Crippen LogP) is 5.13. The summed E-state index contributed by atoms with van der Waals surface area (Å²) in [6, 6.07) is 5.92. The van der Waals surface area contributed by atoms with Gasteiger partial charge in [0.25, 0.3) is 0 Å². The number of alkyl halides is 1. The summed E-state index contributed by atoms with van der Waals surface area (Å²) in [7, 11) is 0. The summed E-state index contributed by atoms with van der Waals surface area (Å²) in [4.78, 5) is 2.32. The van der Waals surface area contributed by atoms with Crippen LogP contribution in [0.25, 0.3) is 0 Å². The van der Waals surface area contributed by atoms with E-state index in [1.165, 1.54) is 25.7 Å². The molecule has 0 bridgehead atoms. The van der Waals surface area contributed by atoms with E-state index in [9.17, 15) is 4.39 Å². The van der Waals surface area contributed by atoms with Crippen LogP contribution < -0.4 is 4.90 Å². The van der Waals surface area contributed by atoms with Gasteiger partial charge in [-0.15, -0.1) is 0 Å². The molecule has 0 aliphatic heterocycles.